The van der Waals surface area contributed by atoms with Gasteiger partial charge in [0.15, 0.2) is 0 Å². The van der Waals surface area contributed by atoms with Crippen molar-refractivity contribution >= 4 is 35.2 Å². The number of benzene rings is 1. The largest absolute Gasteiger partial charge is 0.339 e. The summed E-state index contributed by atoms with van der Waals surface area (Å²) in [5.41, 5.74) is 5.97. The van der Waals surface area contributed by atoms with Crippen molar-refractivity contribution < 1.29 is 0 Å². The first kappa shape index (κ1) is 9.46. The van der Waals surface area contributed by atoms with Crippen molar-refractivity contribution in [1.29, 1.82) is 0 Å². The van der Waals surface area contributed by atoms with Crippen LogP contribution in [0, 0.1) is 13.8 Å². The number of nitrogens with one attached hydrogen (secondary N) is 1. The van der Waals surface area contributed by atoms with Gasteiger partial charge in [-0.3, -0.25) is 0 Å². The zero-order chi connectivity index (χ0) is 11.3. The number of nitrogens with zero attached hydrogens (tertiary/aromatic N) is 1. The second-order valence-corrected chi connectivity index (χ2v) is 4.54. The van der Waals surface area contributed by atoms with Crippen LogP contribution in [-0.2, 0) is 0 Å². The van der Waals surface area contributed by atoms with E-state index in [2.05, 4.69) is 49.9 Å². The third kappa shape index (κ3) is 1.24. The molecule has 0 aliphatic heterocycles. The van der Waals surface area contributed by atoms with Crippen LogP contribution >= 0.6 is 0 Å². The van der Waals surface area contributed by atoms with E-state index in [0.29, 0.717) is 0 Å². The van der Waals surface area contributed by atoms with E-state index in [1.54, 1.807) is 0 Å². The van der Waals surface area contributed by atoms with Crippen LogP contribution in [0.4, 0.5) is 0 Å². The molecule has 3 heteroatoms. The predicted molar refractivity (Wildman–Crippen MR) is 71.3 cm³/mol. The number of rotatable bonds is 0. The molecule has 1 N–H and O–H groups in total. The monoisotopic (exact) mass is 208 g/mol. The topological polar surface area (TPSA) is 28.7 Å². The van der Waals surface area contributed by atoms with Gasteiger partial charge in [-0.25, -0.2) is 4.98 Å². The summed E-state index contributed by atoms with van der Waals surface area (Å²) in [5, 5.41) is 2.51. The Morgan fingerprint density at radius 2 is 1.94 bits per heavy atom. The van der Waals surface area contributed by atoms with Gasteiger partial charge in [-0.2, -0.15) is 0 Å². The molecule has 3 rings (SSSR count). The van der Waals surface area contributed by atoms with Gasteiger partial charge in [-0.15, -0.1) is 0 Å². The maximum atomic E-state index is 4.43. The molecule has 16 heavy (non-hydrogen) atoms. The first-order valence-corrected chi connectivity index (χ1v) is 5.50. The molecule has 0 saturated carbocycles. The minimum atomic E-state index is 0.981. The molecule has 0 fully saturated rings. The molecule has 2 nitrogen and oxygen atoms in total. The van der Waals surface area contributed by atoms with Crippen LogP contribution in [0.2, 0.25) is 0 Å². The van der Waals surface area contributed by atoms with E-state index in [9.17, 15) is 0 Å². The molecule has 3 aromatic rings. The standard InChI is InChI=1S/C13H13BN2/c1-7-3-11-10-5-9(14)4-8(2)12(10)16-13(11)15-6-7/h3-6H,14H2,1-2H3,(H,15,16). The van der Waals surface area contributed by atoms with E-state index >= 15 is 0 Å². The minimum Gasteiger partial charge on any atom is -0.339 e. The minimum absolute atomic E-state index is 0.981. The molecule has 0 saturated heterocycles. The Hall–Kier alpha value is -1.77. The van der Waals surface area contributed by atoms with E-state index in [0.717, 1.165) is 5.65 Å². The van der Waals surface area contributed by atoms with Gasteiger partial charge in [-0.05, 0) is 31.0 Å². The summed E-state index contributed by atoms with van der Waals surface area (Å²) in [7, 11) is 2.13. The Bertz CT molecular complexity index is 698. The molecule has 0 spiro atoms. The third-order valence-corrected chi connectivity index (χ3v) is 3.04. The van der Waals surface area contributed by atoms with Gasteiger partial charge in [0.25, 0.3) is 0 Å². The Kier molecular flexibility index (Phi) is 1.84. The van der Waals surface area contributed by atoms with Gasteiger partial charge in [0.2, 0.25) is 0 Å². The van der Waals surface area contributed by atoms with Crippen LogP contribution in [0.1, 0.15) is 11.1 Å². The van der Waals surface area contributed by atoms with Crippen LogP contribution in [0.15, 0.2) is 24.4 Å². The Balaban J connectivity index is 2.57. The van der Waals surface area contributed by atoms with Crippen molar-refractivity contribution in [3.8, 4) is 0 Å². The van der Waals surface area contributed by atoms with Crippen molar-refractivity contribution in [3.05, 3.63) is 35.5 Å². The van der Waals surface area contributed by atoms with Crippen molar-refractivity contribution in [2.24, 2.45) is 0 Å². The molecule has 2 aromatic heterocycles. The highest BCUT2D eigenvalue weighted by atomic mass is 14.8. The van der Waals surface area contributed by atoms with Gasteiger partial charge in [-0.1, -0.05) is 17.6 Å². The van der Waals surface area contributed by atoms with E-state index in [1.165, 1.54) is 32.9 Å². The highest BCUT2D eigenvalue weighted by Crippen LogP contribution is 2.25. The normalized spacial score (nSPS) is 11.4. The van der Waals surface area contributed by atoms with E-state index in [1.807, 2.05) is 6.20 Å². The van der Waals surface area contributed by atoms with Gasteiger partial charge < -0.3 is 4.98 Å². The first-order chi connectivity index (χ1) is 7.65. The second-order valence-electron chi connectivity index (χ2n) is 4.54. The molecule has 0 atom stereocenters. The Labute approximate surface area is 95.1 Å². The first-order valence-electron chi connectivity index (χ1n) is 5.50. The molecule has 1 aromatic carbocycles. The summed E-state index contributed by atoms with van der Waals surface area (Å²) in [4.78, 5) is 7.82. The zero-order valence-electron chi connectivity index (χ0n) is 9.76. The number of pyridine rings is 1. The number of hydrogen-bond donors (Lipinski definition) is 1. The SMILES string of the molecule is Bc1cc(C)c2[nH]c3ncc(C)cc3c2c1. The molecule has 0 aliphatic rings. The molecule has 0 bridgehead atoms. The fourth-order valence-electron chi connectivity index (χ4n) is 2.34. The average Bonchev–Trinajstić information content (AvgIpc) is 2.57. The highest BCUT2D eigenvalue weighted by molar-refractivity contribution is 6.34. The lowest BCUT2D eigenvalue weighted by molar-refractivity contribution is 1.29. The summed E-state index contributed by atoms with van der Waals surface area (Å²) in [6.07, 6.45) is 1.90. The lowest BCUT2D eigenvalue weighted by atomic mass is 9.92. The summed E-state index contributed by atoms with van der Waals surface area (Å²) in [5.74, 6) is 0. The third-order valence-electron chi connectivity index (χ3n) is 3.04. The number of hydrogen-bond acceptors (Lipinski definition) is 1. The molecule has 0 aliphatic carbocycles. The van der Waals surface area contributed by atoms with Crippen LogP contribution in [0.5, 0.6) is 0 Å². The van der Waals surface area contributed by atoms with E-state index < -0.39 is 0 Å². The van der Waals surface area contributed by atoms with Crippen LogP contribution < -0.4 is 5.46 Å². The number of aromatic nitrogens is 2. The zero-order valence-corrected chi connectivity index (χ0v) is 9.76. The fourth-order valence-corrected chi connectivity index (χ4v) is 2.34. The fraction of sp³-hybridized carbons (Fsp3) is 0.154. The van der Waals surface area contributed by atoms with E-state index in [-0.39, 0.29) is 0 Å². The predicted octanol–water partition coefficient (Wildman–Crippen LogP) is 1.59. The quantitative estimate of drug-likeness (QED) is 0.558. The molecule has 2 heterocycles. The lowest BCUT2D eigenvalue weighted by Gasteiger charge is -1.98. The molecular weight excluding hydrogens is 195 g/mol. The Morgan fingerprint density at radius 3 is 2.75 bits per heavy atom. The smallest absolute Gasteiger partial charge is 0.139 e. The van der Waals surface area contributed by atoms with Gasteiger partial charge >= 0.3 is 0 Å². The van der Waals surface area contributed by atoms with Crippen molar-refractivity contribution in [1.82, 2.24) is 9.97 Å². The Morgan fingerprint density at radius 1 is 1.12 bits per heavy atom. The molecule has 0 radical (unpaired) electrons. The summed E-state index contributed by atoms with van der Waals surface area (Å²) < 4.78 is 0. The number of fused-ring (bicyclic) bond motifs is 3. The van der Waals surface area contributed by atoms with Gasteiger partial charge in [0, 0.05) is 17.0 Å². The summed E-state index contributed by atoms with van der Waals surface area (Å²) in [6, 6.07) is 6.62. The number of aryl methyl sites for hydroxylation is 2. The number of H-pyrrole nitrogens is 1. The van der Waals surface area contributed by atoms with Crippen LogP contribution in [0.25, 0.3) is 21.9 Å². The molecule has 78 valence electrons. The maximum Gasteiger partial charge on any atom is 0.139 e. The molecule has 0 unspecified atom stereocenters. The number of aromatic amines is 1. The second kappa shape index (κ2) is 3.11. The molecular formula is C13H13BN2. The van der Waals surface area contributed by atoms with Gasteiger partial charge in [0.05, 0.1) is 5.52 Å². The highest BCUT2D eigenvalue weighted by Gasteiger charge is 2.07. The van der Waals surface area contributed by atoms with Crippen LogP contribution in [0.3, 0.4) is 0 Å². The average molecular weight is 208 g/mol. The summed E-state index contributed by atoms with van der Waals surface area (Å²) >= 11 is 0. The van der Waals surface area contributed by atoms with Crippen LogP contribution in [-0.4, -0.2) is 17.8 Å². The molecule has 0 amide bonds. The van der Waals surface area contributed by atoms with Crippen molar-refractivity contribution in [2.75, 3.05) is 0 Å². The summed E-state index contributed by atoms with van der Waals surface area (Å²) in [6.45, 7) is 4.21. The van der Waals surface area contributed by atoms with Gasteiger partial charge in [0.1, 0.15) is 13.5 Å². The van der Waals surface area contributed by atoms with Crippen molar-refractivity contribution in [2.45, 2.75) is 13.8 Å². The van der Waals surface area contributed by atoms with E-state index in [4.69, 9.17) is 0 Å². The lowest BCUT2D eigenvalue weighted by Crippen LogP contribution is -2.01. The maximum absolute atomic E-state index is 4.43. The van der Waals surface area contributed by atoms with Crippen molar-refractivity contribution in [3.63, 3.8) is 0 Å².